The van der Waals surface area contributed by atoms with E-state index in [2.05, 4.69) is 25.3 Å². The summed E-state index contributed by atoms with van der Waals surface area (Å²) in [5, 5.41) is 2.80. The van der Waals surface area contributed by atoms with Crippen LogP contribution in [0.25, 0.3) is 11.4 Å². The van der Waals surface area contributed by atoms with Crippen molar-refractivity contribution in [2.75, 3.05) is 18.4 Å². The predicted octanol–water partition coefficient (Wildman–Crippen LogP) is 4.69. The fourth-order valence-corrected chi connectivity index (χ4v) is 4.59. The first-order valence-corrected chi connectivity index (χ1v) is 12.2. The second kappa shape index (κ2) is 11.0. The van der Waals surface area contributed by atoms with Gasteiger partial charge in [0.2, 0.25) is 0 Å². The number of hydrogen-bond acceptors (Lipinski definition) is 7. The first-order valence-electron chi connectivity index (χ1n) is 12.2. The highest BCUT2D eigenvalue weighted by molar-refractivity contribution is 5.98. The molecule has 3 aromatic heterocycles. The average molecular weight is 533 g/mol. The second-order valence-electron chi connectivity index (χ2n) is 9.14. The maximum absolute atomic E-state index is 15.0. The number of amides is 1. The molecule has 1 aliphatic heterocycles. The SMILES string of the molecule is CCc1c(C(F)(F)F)cnc(NC[C@@H]2[C@H](C)O[C@H](C)CN2C(=O)c2nc(C)ccc2-c2ncccn2)c1F. The Kier molecular flexibility index (Phi) is 7.91. The number of carbonyl (C=O) groups is 1. The van der Waals surface area contributed by atoms with Gasteiger partial charge >= 0.3 is 6.18 Å². The Morgan fingerprint density at radius 2 is 1.89 bits per heavy atom. The maximum Gasteiger partial charge on any atom is 0.418 e. The zero-order valence-electron chi connectivity index (χ0n) is 21.4. The summed E-state index contributed by atoms with van der Waals surface area (Å²) in [7, 11) is 0. The van der Waals surface area contributed by atoms with Crippen molar-refractivity contribution in [3.63, 3.8) is 0 Å². The lowest BCUT2D eigenvalue weighted by Crippen LogP contribution is -2.58. The molecule has 0 unspecified atom stereocenters. The van der Waals surface area contributed by atoms with Crippen molar-refractivity contribution in [2.45, 2.75) is 58.5 Å². The average Bonchev–Trinajstić information content (AvgIpc) is 2.87. The molecule has 38 heavy (non-hydrogen) atoms. The van der Waals surface area contributed by atoms with E-state index in [-0.39, 0.29) is 43.0 Å². The monoisotopic (exact) mass is 532 g/mol. The highest BCUT2D eigenvalue weighted by Gasteiger charge is 2.39. The topological polar surface area (TPSA) is 93.1 Å². The van der Waals surface area contributed by atoms with Crippen LogP contribution < -0.4 is 5.32 Å². The van der Waals surface area contributed by atoms with Crippen molar-refractivity contribution in [1.29, 1.82) is 0 Å². The van der Waals surface area contributed by atoms with Crippen LogP contribution in [0.15, 0.2) is 36.8 Å². The summed E-state index contributed by atoms with van der Waals surface area (Å²) in [5.41, 5.74) is -0.331. The van der Waals surface area contributed by atoms with Crippen LogP contribution in [0.3, 0.4) is 0 Å². The minimum absolute atomic E-state index is 0.0128. The number of hydrogen-bond donors (Lipinski definition) is 1. The number of alkyl halides is 3. The number of aromatic nitrogens is 4. The molecule has 1 N–H and O–H groups in total. The van der Waals surface area contributed by atoms with Crippen LogP contribution in [-0.2, 0) is 17.3 Å². The highest BCUT2D eigenvalue weighted by atomic mass is 19.4. The number of ether oxygens (including phenoxy) is 1. The van der Waals surface area contributed by atoms with Crippen LogP contribution in [0.5, 0.6) is 0 Å². The zero-order chi connectivity index (χ0) is 27.6. The summed E-state index contributed by atoms with van der Waals surface area (Å²) in [4.78, 5) is 32.2. The van der Waals surface area contributed by atoms with Gasteiger partial charge in [-0.05, 0) is 45.4 Å². The minimum atomic E-state index is -4.72. The highest BCUT2D eigenvalue weighted by Crippen LogP contribution is 2.34. The van der Waals surface area contributed by atoms with Crippen molar-refractivity contribution < 1.29 is 27.1 Å². The molecular weight excluding hydrogens is 504 g/mol. The first kappa shape index (κ1) is 27.4. The van der Waals surface area contributed by atoms with Crippen LogP contribution in [0.1, 0.15) is 48.1 Å². The van der Waals surface area contributed by atoms with E-state index in [1.807, 2.05) is 6.92 Å². The smallest absolute Gasteiger partial charge is 0.372 e. The number of anilines is 1. The van der Waals surface area contributed by atoms with Gasteiger partial charge < -0.3 is 15.0 Å². The molecule has 4 rings (SSSR count). The number of halogens is 4. The van der Waals surface area contributed by atoms with Crippen molar-refractivity contribution in [3.8, 4) is 11.4 Å². The quantitative estimate of drug-likeness (QED) is 0.461. The van der Waals surface area contributed by atoms with Crippen molar-refractivity contribution in [2.24, 2.45) is 0 Å². The molecule has 1 amide bonds. The number of morpholine rings is 1. The third-order valence-corrected chi connectivity index (χ3v) is 6.41. The van der Waals surface area contributed by atoms with Crippen molar-refractivity contribution in [1.82, 2.24) is 24.8 Å². The maximum atomic E-state index is 15.0. The predicted molar refractivity (Wildman–Crippen MR) is 132 cm³/mol. The zero-order valence-corrected chi connectivity index (χ0v) is 21.4. The van der Waals surface area contributed by atoms with E-state index in [1.165, 1.54) is 6.92 Å². The van der Waals surface area contributed by atoms with E-state index in [0.29, 0.717) is 23.3 Å². The molecule has 8 nitrogen and oxygen atoms in total. The molecule has 1 aliphatic rings. The lowest BCUT2D eigenvalue weighted by atomic mass is 10.0. The Hall–Kier alpha value is -3.67. The molecule has 0 radical (unpaired) electrons. The summed E-state index contributed by atoms with van der Waals surface area (Å²) in [5.74, 6) is -1.43. The molecule has 0 bridgehead atoms. The summed E-state index contributed by atoms with van der Waals surface area (Å²) in [6.45, 7) is 7.03. The van der Waals surface area contributed by atoms with Gasteiger partial charge in [0.05, 0.1) is 29.4 Å². The normalized spacial score (nSPS) is 19.9. The summed E-state index contributed by atoms with van der Waals surface area (Å²) in [6, 6.07) is 4.56. The van der Waals surface area contributed by atoms with Crippen molar-refractivity contribution >= 4 is 11.7 Å². The van der Waals surface area contributed by atoms with Gasteiger partial charge in [0.15, 0.2) is 17.5 Å². The largest absolute Gasteiger partial charge is 0.418 e. The van der Waals surface area contributed by atoms with Gasteiger partial charge in [0.1, 0.15) is 5.69 Å². The van der Waals surface area contributed by atoms with Crippen molar-refractivity contribution in [3.05, 3.63) is 65.1 Å². The molecule has 1 saturated heterocycles. The molecule has 3 atom stereocenters. The molecule has 0 aromatic carbocycles. The summed E-state index contributed by atoms with van der Waals surface area (Å²) < 4.78 is 60.8. The molecule has 0 aliphatic carbocycles. The molecule has 202 valence electrons. The molecule has 1 fully saturated rings. The lowest BCUT2D eigenvalue weighted by molar-refractivity contribution is -0.138. The van der Waals surface area contributed by atoms with E-state index >= 15 is 4.39 Å². The molecule has 3 aromatic rings. The standard InChI is InChI=1S/C26H28F4N6O2/c1-5-17-19(26(28,29)30)11-33-24(21(17)27)34-12-20-16(4)38-15(3)13-36(20)25(37)22-18(8-7-14(2)35-22)23-31-9-6-10-32-23/h6-11,15-16,20H,5,12-13H2,1-4H3,(H,33,34)/t15-,16+,20-/m1/s1. The fourth-order valence-electron chi connectivity index (χ4n) is 4.59. The first-order chi connectivity index (χ1) is 18.0. The number of aryl methyl sites for hydroxylation is 1. The van der Waals surface area contributed by atoms with Gasteiger partial charge in [-0.2, -0.15) is 13.2 Å². The van der Waals surface area contributed by atoms with Gasteiger partial charge in [-0.3, -0.25) is 4.79 Å². The van der Waals surface area contributed by atoms with Gasteiger partial charge in [-0.15, -0.1) is 0 Å². The third-order valence-electron chi connectivity index (χ3n) is 6.41. The summed E-state index contributed by atoms with van der Waals surface area (Å²) >= 11 is 0. The van der Waals surface area contributed by atoms with Gasteiger partial charge in [-0.25, -0.2) is 24.3 Å². The summed E-state index contributed by atoms with van der Waals surface area (Å²) in [6.07, 6.45) is -1.88. The Balaban J connectivity index is 1.65. The Labute approximate surface area is 217 Å². The number of carbonyl (C=O) groups excluding carboxylic acids is 1. The minimum Gasteiger partial charge on any atom is -0.372 e. The van der Waals surface area contributed by atoms with Crippen LogP contribution in [0.2, 0.25) is 0 Å². The van der Waals surface area contributed by atoms with Gasteiger partial charge in [0, 0.05) is 42.9 Å². The third kappa shape index (κ3) is 5.59. The van der Waals surface area contributed by atoms with E-state index in [0.717, 1.165) is 0 Å². The van der Waals surface area contributed by atoms with E-state index < -0.39 is 35.3 Å². The van der Waals surface area contributed by atoms with Crippen LogP contribution >= 0.6 is 0 Å². The molecule has 0 saturated carbocycles. The Bertz CT molecular complexity index is 1300. The molecule has 4 heterocycles. The Morgan fingerprint density at radius 1 is 1.18 bits per heavy atom. The van der Waals surface area contributed by atoms with E-state index in [1.54, 1.807) is 49.3 Å². The number of nitrogens with zero attached hydrogens (tertiary/aromatic N) is 5. The van der Waals surface area contributed by atoms with Gasteiger partial charge in [-0.1, -0.05) is 6.92 Å². The number of rotatable bonds is 6. The van der Waals surface area contributed by atoms with E-state index in [9.17, 15) is 18.0 Å². The molecule has 0 spiro atoms. The van der Waals surface area contributed by atoms with Crippen LogP contribution in [0.4, 0.5) is 23.4 Å². The lowest BCUT2D eigenvalue weighted by Gasteiger charge is -2.43. The van der Waals surface area contributed by atoms with Crippen LogP contribution in [0, 0.1) is 12.7 Å². The fraction of sp³-hybridized carbons (Fsp3) is 0.423. The number of nitrogens with one attached hydrogen (secondary N) is 1. The molecule has 12 heteroatoms. The van der Waals surface area contributed by atoms with Crippen LogP contribution in [-0.4, -0.2) is 62.1 Å². The second-order valence-corrected chi connectivity index (χ2v) is 9.14. The van der Waals surface area contributed by atoms with E-state index in [4.69, 9.17) is 4.74 Å². The molecular formula is C26H28F4N6O2. The Morgan fingerprint density at radius 3 is 2.55 bits per heavy atom. The number of pyridine rings is 2. The van der Waals surface area contributed by atoms with Gasteiger partial charge in [0.25, 0.3) is 5.91 Å².